The number of ketones is 1. The molecule has 1 atom stereocenters. The van der Waals surface area contributed by atoms with Gasteiger partial charge in [-0.1, -0.05) is 24.3 Å². The third-order valence-corrected chi connectivity index (χ3v) is 6.21. The Labute approximate surface area is 181 Å². The summed E-state index contributed by atoms with van der Waals surface area (Å²) in [5.74, 6) is 1.07. The van der Waals surface area contributed by atoms with Gasteiger partial charge in [0.1, 0.15) is 11.5 Å². The maximum Gasteiger partial charge on any atom is 0.251 e. The fourth-order valence-corrected chi connectivity index (χ4v) is 3.96. The van der Waals surface area contributed by atoms with E-state index >= 15 is 0 Å². The van der Waals surface area contributed by atoms with Crippen LogP contribution in [0.25, 0.3) is 0 Å². The Morgan fingerprint density at radius 3 is 2.10 bits per heavy atom. The first-order valence-electron chi connectivity index (χ1n) is 9.72. The first-order valence-corrected chi connectivity index (χ1v) is 11.2. The number of hydrogen-bond donors (Lipinski definition) is 2. The van der Waals surface area contributed by atoms with Gasteiger partial charge in [-0.15, -0.1) is 0 Å². The van der Waals surface area contributed by atoms with Crippen LogP contribution in [0.3, 0.4) is 0 Å². The molecule has 1 heterocycles. The Morgan fingerprint density at radius 1 is 0.935 bits per heavy atom. The summed E-state index contributed by atoms with van der Waals surface area (Å²) < 4.78 is 32.9. The fourth-order valence-electron chi connectivity index (χ4n) is 2.94. The molecule has 0 bridgehead atoms. The number of amides is 1. The minimum Gasteiger partial charge on any atom is -0.464 e. The molecule has 0 saturated carbocycles. The topological polar surface area (TPSA) is 105 Å². The summed E-state index contributed by atoms with van der Waals surface area (Å²) in [6, 6.07) is 15.8. The average molecular weight is 441 g/mol. The molecule has 0 aliphatic carbocycles. The van der Waals surface area contributed by atoms with E-state index in [-0.39, 0.29) is 29.2 Å². The molecule has 0 aliphatic heterocycles. The van der Waals surface area contributed by atoms with Gasteiger partial charge in [0, 0.05) is 17.7 Å². The van der Waals surface area contributed by atoms with E-state index in [0.717, 1.165) is 5.76 Å². The minimum absolute atomic E-state index is 0.0702. The van der Waals surface area contributed by atoms with E-state index in [1.165, 1.54) is 31.2 Å². The molecule has 162 valence electrons. The number of aryl methyl sites for hydroxylation is 1. The lowest BCUT2D eigenvalue weighted by atomic mass is 10.1. The Bertz CT molecular complexity index is 1180. The lowest BCUT2D eigenvalue weighted by Crippen LogP contribution is -2.26. The molecule has 3 aromatic rings. The molecule has 1 amide bonds. The third kappa shape index (κ3) is 5.68. The van der Waals surface area contributed by atoms with Crippen LogP contribution in [-0.4, -0.2) is 20.1 Å². The highest BCUT2D eigenvalue weighted by molar-refractivity contribution is 7.89. The van der Waals surface area contributed by atoms with Crippen LogP contribution in [0.1, 0.15) is 57.7 Å². The molecule has 2 N–H and O–H groups in total. The predicted molar refractivity (Wildman–Crippen MR) is 116 cm³/mol. The summed E-state index contributed by atoms with van der Waals surface area (Å²) in [7, 11) is -3.72. The quantitative estimate of drug-likeness (QED) is 0.519. The van der Waals surface area contributed by atoms with E-state index in [1.807, 2.05) is 26.0 Å². The van der Waals surface area contributed by atoms with E-state index in [1.54, 1.807) is 24.3 Å². The Hall–Kier alpha value is -3.23. The third-order valence-electron chi connectivity index (χ3n) is 4.79. The summed E-state index contributed by atoms with van der Waals surface area (Å²) in [6.07, 6.45) is 0. The van der Waals surface area contributed by atoms with E-state index in [2.05, 4.69) is 10.0 Å². The predicted octanol–water partition coefficient (Wildman–Crippen LogP) is 3.76. The van der Waals surface area contributed by atoms with Crippen LogP contribution in [0, 0.1) is 6.92 Å². The van der Waals surface area contributed by atoms with Crippen molar-refractivity contribution >= 4 is 21.7 Å². The number of furan rings is 1. The van der Waals surface area contributed by atoms with Crippen molar-refractivity contribution in [3.63, 3.8) is 0 Å². The van der Waals surface area contributed by atoms with E-state index in [0.29, 0.717) is 22.5 Å². The molecule has 1 unspecified atom stereocenters. The van der Waals surface area contributed by atoms with Crippen LogP contribution in [-0.2, 0) is 16.6 Å². The van der Waals surface area contributed by atoms with Crippen molar-refractivity contribution in [1.29, 1.82) is 0 Å². The molecule has 8 heteroatoms. The van der Waals surface area contributed by atoms with Gasteiger partial charge in [0.05, 0.1) is 10.9 Å². The second kappa shape index (κ2) is 9.28. The van der Waals surface area contributed by atoms with Crippen LogP contribution in [0.5, 0.6) is 0 Å². The molecule has 0 saturated heterocycles. The lowest BCUT2D eigenvalue weighted by molar-refractivity contribution is 0.0934. The number of carbonyl (C=O) groups is 2. The van der Waals surface area contributed by atoms with E-state index in [9.17, 15) is 18.0 Å². The zero-order valence-electron chi connectivity index (χ0n) is 17.5. The van der Waals surface area contributed by atoms with Crippen molar-refractivity contribution in [2.24, 2.45) is 0 Å². The Balaban J connectivity index is 1.59. The zero-order valence-corrected chi connectivity index (χ0v) is 18.3. The number of nitrogens with one attached hydrogen (secondary N) is 2. The molecule has 0 aliphatic rings. The highest BCUT2D eigenvalue weighted by Crippen LogP contribution is 2.17. The van der Waals surface area contributed by atoms with Crippen LogP contribution in [0.4, 0.5) is 0 Å². The first kappa shape index (κ1) is 22.5. The average Bonchev–Trinajstić information content (AvgIpc) is 3.19. The highest BCUT2D eigenvalue weighted by atomic mass is 32.2. The molecule has 1 aromatic heterocycles. The van der Waals surface area contributed by atoms with Crippen molar-refractivity contribution in [1.82, 2.24) is 10.0 Å². The summed E-state index contributed by atoms with van der Waals surface area (Å²) in [4.78, 5) is 23.8. The smallest absolute Gasteiger partial charge is 0.251 e. The molecule has 2 aromatic carbocycles. The molecular formula is C23H24N2O5S. The van der Waals surface area contributed by atoms with Gasteiger partial charge in [0.25, 0.3) is 5.91 Å². The van der Waals surface area contributed by atoms with Crippen LogP contribution < -0.4 is 10.0 Å². The largest absolute Gasteiger partial charge is 0.464 e. The first-order chi connectivity index (χ1) is 14.7. The number of hydrogen-bond acceptors (Lipinski definition) is 5. The SMILES string of the molecule is CC(=O)c1ccc(S(=O)(=O)NCc2ccc(C(=O)NC(C)c3ccc(C)o3)cc2)cc1. The molecule has 0 radical (unpaired) electrons. The lowest BCUT2D eigenvalue weighted by Gasteiger charge is -2.12. The summed E-state index contributed by atoms with van der Waals surface area (Å²) in [5, 5.41) is 2.87. The van der Waals surface area contributed by atoms with Crippen molar-refractivity contribution < 1.29 is 22.4 Å². The van der Waals surface area contributed by atoms with Crippen molar-refractivity contribution in [3.05, 3.63) is 88.9 Å². The number of Topliss-reactive ketones (excluding diaryl/α,β-unsaturated/α-hetero) is 1. The minimum atomic E-state index is -3.72. The van der Waals surface area contributed by atoms with Gasteiger partial charge in [0.2, 0.25) is 10.0 Å². The summed E-state index contributed by atoms with van der Waals surface area (Å²) in [6.45, 7) is 5.17. The van der Waals surface area contributed by atoms with Gasteiger partial charge in [-0.2, -0.15) is 0 Å². The van der Waals surface area contributed by atoms with Gasteiger partial charge in [0.15, 0.2) is 5.78 Å². The van der Waals surface area contributed by atoms with Crippen molar-refractivity contribution in [2.45, 2.75) is 38.3 Å². The Morgan fingerprint density at radius 2 is 1.55 bits per heavy atom. The molecular weight excluding hydrogens is 416 g/mol. The van der Waals surface area contributed by atoms with E-state index in [4.69, 9.17) is 4.42 Å². The van der Waals surface area contributed by atoms with Crippen LogP contribution in [0.15, 0.2) is 70.0 Å². The van der Waals surface area contributed by atoms with Gasteiger partial charge < -0.3 is 9.73 Å². The second-order valence-electron chi connectivity index (χ2n) is 7.25. The zero-order chi connectivity index (χ0) is 22.6. The second-order valence-corrected chi connectivity index (χ2v) is 9.01. The van der Waals surface area contributed by atoms with Gasteiger partial charge in [-0.25, -0.2) is 13.1 Å². The molecule has 31 heavy (non-hydrogen) atoms. The molecule has 0 spiro atoms. The van der Waals surface area contributed by atoms with Crippen LogP contribution in [0.2, 0.25) is 0 Å². The van der Waals surface area contributed by atoms with Gasteiger partial charge in [-0.3, -0.25) is 9.59 Å². The molecule has 7 nitrogen and oxygen atoms in total. The fraction of sp³-hybridized carbons (Fsp3) is 0.217. The molecule has 3 rings (SSSR count). The van der Waals surface area contributed by atoms with Gasteiger partial charge in [-0.05, 0) is 62.7 Å². The van der Waals surface area contributed by atoms with Gasteiger partial charge >= 0.3 is 0 Å². The van der Waals surface area contributed by atoms with Crippen molar-refractivity contribution in [3.8, 4) is 0 Å². The summed E-state index contributed by atoms with van der Waals surface area (Å²) >= 11 is 0. The number of carbonyl (C=O) groups excluding carboxylic acids is 2. The van der Waals surface area contributed by atoms with Crippen molar-refractivity contribution in [2.75, 3.05) is 0 Å². The number of sulfonamides is 1. The maximum absolute atomic E-state index is 12.5. The normalized spacial score (nSPS) is 12.4. The Kier molecular flexibility index (Phi) is 6.72. The highest BCUT2D eigenvalue weighted by Gasteiger charge is 2.16. The van der Waals surface area contributed by atoms with Crippen LogP contribution >= 0.6 is 0 Å². The standard InChI is InChI=1S/C23H24N2O5S/c1-15-4-13-22(30-15)16(2)25-23(27)20-7-5-18(6-8-20)14-24-31(28,29)21-11-9-19(10-12-21)17(3)26/h4-13,16,24H,14H2,1-3H3,(H,25,27). The number of rotatable bonds is 8. The molecule has 0 fully saturated rings. The maximum atomic E-state index is 12.5. The monoisotopic (exact) mass is 440 g/mol. The number of benzene rings is 2. The van der Waals surface area contributed by atoms with E-state index < -0.39 is 10.0 Å². The summed E-state index contributed by atoms with van der Waals surface area (Å²) in [5.41, 5.74) is 1.61.